The molecule has 0 bridgehead atoms. The Bertz CT molecular complexity index is 813. The van der Waals surface area contributed by atoms with Gasteiger partial charge in [0.15, 0.2) is 0 Å². The third-order valence-corrected chi connectivity index (χ3v) is 3.11. The van der Waals surface area contributed by atoms with Gasteiger partial charge in [0.2, 0.25) is 0 Å². The second-order valence-electron chi connectivity index (χ2n) is 5.06. The normalized spacial score (nSPS) is 11.8. The number of hydrogen-bond donors (Lipinski definition) is 2. The van der Waals surface area contributed by atoms with E-state index in [1.807, 2.05) is 0 Å². The molecule has 0 unspecified atom stereocenters. The van der Waals surface area contributed by atoms with Crippen molar-refractivity contribution >= 4 is 23.2 Å². The van der Waals surface area contributed by atoms with E-state index in [9.17, 15) is 35.9 Å². The molecule has 0 fully saturated rings. The van der Waals surface area contributed by atoms with Crippen LogP contribution in [0.3, 0.4) is 0 Å². The third-order valence-electron chi connectivity index (χ3n) is 3.11. The van der Waals surface area contributed by atoms with Gasteiger partial charge in [0.05, 0.1) is 5.56 Å². The lowest BCUT2D eigenvalue weighted by atomic mass is 10.1. The highest BCUT2D eigenvalue weighted by Gasteiger charge is 2.38. The Morgan fingerprint density at radius 2 is 1.31 bits per heavy atom. The van der Waals surface area contributed by atoms with Crippen LogP contribution >= 0.6 is 0 Å². The Balaban J connectivity index is 2.10. The molecule has 0 atom stereocenters. The molecule has 10 heteroatoms. The lowest BCUT2D eigenvalue weighted by Crippen LogP contribution is -2.29. The second-order valence-corrected chi connectivity index (χ2v) is 5.06. The van der Waals surface area contributed by atoms with Crippen LogP contribution in [-0.4, -0.2) is 18.0 Å². The van der Waals surface area contributed by atoms with E-state index in [-0.39, 0.29) is 16.9 Å². The zero-order valence-electron chi connectivity index (χ0n) is 12.7. The summed E-state index contributed by atoms with van der Waals surface area (Å²) in [6.45, 7) is 0. The smallest absolute Gasteiger partial charge is 0.322 e. The Morgan fingerprint density at radius 3 is 1.81 bits per heavy atom. The van der Waals surface area contributed by atoms with Gasteiger partial charge in [0.1, 0.15) is 0 Å². The van der Waals surface area contributed by atoms with Crippen LogP contribution in [0.1, 0.15) is 15.9 Å². The van der Waals surface area contributed by atoms with Crippen molar-refractivity contribution in [2.75, 3.05) is 10.6 Å². The number of amides is 2. The first-order valence-corrected chi connectivity index (χ1v) is 6.93. The molecule has 4 nitrogen and oxygen atoms in total. The van der Waals surface area contributed by atoms with Gasteiger partial charge in [-0.3, -0.25) is 9.59 Å². The van der Waals surface area contributed by atoms with Crippen LogP contribution in [0.15, 0.2) is 48.5 Å². The van der Waals surface area contributed by atoms with Crippen molar-refractivity contribution in [3.63, 3.8) is 0 Å². The summed E-state index contributed by atoms with van der Waals surface area (Å²) in [5.41, 5.74) is -1.17. The summed E-state index contributed by atoms with van der Waals surface area (Å²) in [5.74, 6) is -2.94. The maximum atomic E-state index is 12.5. The van der Waals surface area contributed by atoms with Crippen LogP contribution < -0.4 is 10.6 Å². The Morgan fingerprint density at radius 1 is 0.769 bits per heavy atom. The molecule has 0 aliphatic heterocycles. The van der Waals surface area contributed by atoms with Crippen molar-refractivity contribution in [1.82, 2.24) is 0 Å². The predicted molar refractivity (Wildman–Crippen MR) is 80.5 cm³/mol. The van der Waals surface area contributed by atoms with Crippen LogP contribution in [0.5, 0.6) is 0 Å². The van der Waals surface area contributed by atoms with Gasteiger partial charge in [-0.25, -0.2) is 0 Å². The quantitative estimate of drug-likeness (QED) is 0.778. The number of carbonyl (C=O) groups is 2. The summed E-state index contributed by atoms with van der Waals surface area (Å²) in [4.78, 5) is 22.9. The SMILES string of the molecule is O=C(Nc1cccc(NC(=O)C(F)(F)F)c1)c1ccc(C(F)(F)F)cc1. The van der Waals surface area contributed by atoms with Crippen molar-refractivity contribution in [3.8, 4) is 0 Å². The fourth-order valence-corrected chi connectivity index (χ4v) is 1.89. The molecule has 0 spiro atoms. The van der Waals surface area contributed by atoms with Gasteiger partial charge in [0.25, 0.3) is 5.91 Å². The molecule has 2 aromatic carbocycles. The minimum Gasteiger partial charge on any atom is -0.322 e. The molecular formula is C16H10F6N2O2. The number of alkyl halides is 6. The van der Waals surface area contributed by atoms with Gasteiger partial charge in [-0.1, -0.05) is 6.07 Å². The molecule has 2 N–H and O–H groups in total. The average molecular weight is 376 g/mol. The van der Waals surface area contributed by atoms with Crippen molar-refractivity contribution in [2.45, 2.75) is 12.4 Å². The fourth-order valence-electron chi connectivity index (χ4n) is 1.89. The van der Waals surface area contributed by atoms with E-state index in [4.69, 9.17) is 0 Å². The molecule has 2 aromatic rings. The van der Waals surface area contributed by atoms with Crippen LogP contribution in [0.25, 0.3) is 0 Å². The maximum absolute atomic E-state index is 12.5. The summed E-state index contributed by atoms with van der Waals surface area (Å²) < 4.78 is 74.1. The van der Waals surface area contributed by atoms with Gasteiger partial charge in [-0.15, -0.1) is 0 Å². The number of anilines is 2. The number of nitrogens with one attached hydrogen (secondary N) is 2. The van der Waals surface area contributed by atoms with Gasteiger partial charge in [0, 0.05) is 16.9 Å². The molecule has 0 saturated carbocycles. The van der Waals surface area contributed by atoms with E-state index in [0.29, 0.717) is 0 Å². The Labute approximate surface area is 142 Å². The van der Waals surface area contributed by atoms with Crippen LogP contribution in [-0.2, 0) is 11.0 Å². The summed E-state index contributed by atoms with van der Waals surface area (Å²) >= 11 is 0. The van der Waals surface area contributed by atoms with E-state index in [0.717, 1.165) is 30.3 Å². The summed E-state index contributed by atoms with van der Waals surface area (Å²) in [6.07, 6.45) is -9.61. The molecule has 0 aliphatic carbocycles. The van der Waals surface area contributed by atoms with Crippen molar-refractivity contribution in [2.24, 2.45) is 0 Å². The van der Waals surface area contributed by atoms with E-state index in [1.165, 1.54) is 18.2 Å². The van der Waals surface area contributed by atoms with Gasteiger partial charge in [-0.05, 0) is 42.5 Å². The number of rotatable bonds is 3. The first-order chi connectivity index (χ1) is 12.0. The molecule has 0 aromatic heterocycles. The highest BCUT2D eigenvalue weighted by molar-refractivity contribution is 6.04. The summed E-state index contributed by atoms with van der Waals surface area (Å²) in [7, 11) is 0. The molecule has 0 heterocycles. The van der Waals surface area contributed by atoms with Gasteiger partial charge >= 0.3 is 18.3 Å². The zero-order valence-corrected chi connectivity index (χ0v) is 12.7. The van der Waals surface area contributed by atoms with Crippen molar-refractivity contribution in [1.29, 1.82) is 0 Å². The number of benzene rings is 2. The van der Waals surface area contributed by atoms with E-state index in [1.54, 1.807) is 5.32 Å². The van der Waals surface area contributed by atoms with E-state index >= 15 is 0 Å². The lowest BCUT2D eigenvalue weighted by molar-refractivity contribution is -0.167. The highest BCUT2D eigenvalue weighted by Crippen LogP contribution is 2.29. The Kier molecular flexibility index (Phi) is 5.24. The van der Waals surface area contributed by atoms with Crippen molar-refractivity contribution in [3.05, 3.63) is 59.7 Å². The number of halogens is 6. The molecule has 138 valence electrons. The number of carbonyl (C=O) groups excluding carboxylic acids is 2. The van der Waals surface area contributed by atoms with Crippen molar-refractivity contribution < 1.29 is 35.9 Å². The predicted octanol–water partition coefficient (Wildman–Crippen LogP) is 4.46. The molecule has 0 aliphatic rings. The number of hydrogen-bond acceptors (Lipinski definition) is 2. The van der Waals surface area contributed by atoms with Crippen LogP contribution in [0.2, 0.25) is 0 Å². The maximum Gasteiger partial charge on any atom is 0.471 e. The molecule has 2 rings (SSSR count). The van der Waals surface area contributed by atoms with E-state index < -0.39 is 29.7 Å². The minimum absolute atomic E-state index is 0.0508. The van der Waals surface area contributed by atoms with Crippen LogP contribution in [0.4, 0.5) is 37.7 Å². The zero-order chi connectivity index (χ0) is 19.5. The summed E-state index contributed by atoms with van der Waals surface area (Å²) in [5, 5.41) is 3.94. The molecule has 0 radical (unpaired) electrons. The monoisotopic (exact) mass is 376 g/mol. The largest absolute Gasteiger partial charge is 0.471 e. The Hall–Kier alpha value is -3.04. The van der Waals surface area contributed by atoms with Crippen LogP contribution in [0, 0.1) is 0 Å². The van der Waals surface area contributed by atoms with Gasteiger partial charge < -0.3 is 10.6 Å². The fraction of sp³-hybridized carbons (Fsp3) is 0.125. The average Bonchev–Trinajstić information content (AvgIpc) is 2.53. The first kappa shape index (κ1) is 19.3. The molecule has 0 saturated heterocycles. The summed E-state index contributed by atoms with van der Waals surface area (Å²) in [6, 6.07) is 8.27. The van der Waals surface area contributed by atoms with Gasteiger partial charge in [-0.2, -0.15) is 26.3 Å². The standard InChI is InChI=1S/C16H10F6N2O2/c17-15(18,19)10-6-4-9(5-7-10)13(25)23-11-2-1-3-12(8-11)24-14(26)16(20,21)22/h1-8H,(H,23,25)(H,24,26). The lowest BCUT2D eigenvalue weighted by Gasteiger charge is -2.11. The third kappa shape index (κ3) is 4.98. The second kappa shape index (κ2) is 7.06. The minimum atomic E-state index is -5.07. The highest BCUT2D eigenvalue weighted by atomic mass is 19.4. The molecule has 2 amide bonds. The molecular weight excluding hydrogens is 366 g/mol. The van der Waals surface area contributed by atoms with E-state index in [2.05, 4.69) is 5.32 Å². The topological polar surface area (TPSA) is 58.2 Å². The first-order valence-electron chi connectivity index (χ1n) is 6.93. The molecule has 26 heavy (non-hydrogen) atoms.